The SMILES string of the molecule is CC(=O)N(CC(=O)Nc1cc(C)cc(C)c1)c1ccc(C)c(C)c1. The number of carbonyl (C=O) groups is 2. The fraction of sp³-hybridized carbons (Fsp3) is 0.300. The summed E-state index contributed by atoms with van der Waals surface area (Å²) in [6, 6.07) is 11.6. The first-order valence-corrected chi connectivity index (χ1v) is 8.00. The number of hydrogen-bond acceptors (Lipinski definition) is 2. The summed E-state index contributed by atoms with van der Waals surface area (Å²) in [6.45, 7) is 9.44. The van der Waals surface area contributed by atoms with Gasteiger partial charge in [-0.1, -0.05) is 12.1 Å². The third-order valence-corrected chi connectivity index (χ3v) is 3.99. The van der Waals surface area contributed by atoms with E-state index in [-0.39, 0.29) is 18.4 Å². The van der Waals surface area contributed by atoms with Gasteiger partial charge in [-0.05, 0) is 74.2 Å². The summed E-state index contributed by atoms with van der Waals surface area (Å²) < 4.78 is 0. The van der Waals surface area contributed by atoms with Gasteiger partial charge in [0.05, 0.1) is 0 Å². The summed E-state index contributed by atoms with van der Waals surface area (Å²) in [4.78, 5) is 25.8. The van der Waals surface area contributed by atoms with Gasteiger partial charge < -0.3 is 10.2 Å². The minimum absolute atomic E-state index is 0.00910. The highest BCUT2D eigenvalue weighted by molar-refractivity contribution is 6.01. The number of hydrogen-bond donors (Lipinski definition) is 1. The molecule has 0 unspecified atom stereocenters. The number of aryl methyl sites for hydroxylation is 4. The molecule has 2 aromatic carbocycles. The molecule has 2 amide bonds. The van der Waals surface area contributed by atoms with Gasteiger partial charge in [-0.25, -0.2) is 0 Å². The molecule has 0 atom stereocenters. The average molecular weight is 324 g/mol. The van der Waals surface area contributed by atoms with Crippen molar-refractivity contribution >= 4 is 23.2 Å². The Labute approximate surface area is 143 Å². The van der Waals surface area contributed by atoms with Crippen molar-refractivity contribution in [3.8, 4) is 0 Å². The normalized spacial score (nSPS) is 10.4. The highest BCUT2D eigenvalue weighted by Crippen LogP contribution is 2.19. The summed E-state index contributed by atoms with van der Waals surface area (Å²) in [5, 5.41) is 2.87. The smallest absolute Gasteiger partial charge is 0.244 e. The maximum atomic E-state index is 12.4. The van der Waals surface area contributed by atoms with Crippen LogP contribution in [0.15, 0.2) is 36.4 Å². The molecule has 0 aliphatic rings. The number of carbonyl (C=O) groups excluding carboxylic acids is 2. The quantitative estimate of drug-likeness (QED) is 0.927. The van der Waals surface area contributed by atoms with Crippen molar-refractivity contribution in [1.82, 2.24) is 0 Å². The van der Waals surface area contributed by atoms with Crippen molar-refractivity contribution in [3.05, 3.63) is 58.7 Å². The molecule has 0 heterocycles. The van der Waals surface area contributed by atoms with Crippen LogP contribution in [0.25, 0.3) is 0 Å². The largest absolute Gasteiger partial charge is 0.325 e. The number of nitrogens with one attached hydrogen (secondary N) is 1. The lowest BCUT2D eigenvalue weighted by molar-refractivity contribution is -0.120. The summed E-state index contributed by atoms with van der Waals surface area (Å²) in [7, 11) is 0. The van der Waals surface area contributed by atoms with Crippen LogP contribution in [-0.2, 0) is 9.59 Å². The lowest BCUT2D eigenvalue weighted by Crippen LogP contribution is -2.36. The topological polar surface area (TPSA) is 49.4 Å². The van der Waals surface area contributed by atoms with Crippen molar-refractivity contribution in [3.63, 3.8) is 0 Å². The second-order valence-corrected chi connectivity index (χ2v) is 6.30. The van der Waals surface area contributed by atoms with Gasteiger partial charge in [0.1, 0.15) is 6.54 Å². The van der Waals surface area contributed by atoms with Crippen LogP contribution in [0.2, 0.25) is 0 Å². The van der Waals surface area contributed by atoms with Gasteiger partial charge in [-0.2, -0.15) is 0 Å². The highest BCUT2D eigenvalue weighted by atomic mass is 16.2. The van der Waals surface area contributed by atoms with Gasteiger partial charge in [-0.15, -0.1) is 0 Å². The first kappa shape index (κ1) is 17.7. The Morgan fingerprint density at radius 1 is 0.917 bits per heavy atom. The number of benzene rings is 2. The van der Waals surface area contributed by atoms with E-state index in [1.165, 1.54) is 11.8 Å². The molecule has 0 fully saturated rings. The number of nitrogens with zero attached hydrogens (tertiary/aromatic N) is 1. The van der Waals surface area contributed by atoms with Gasteiger partial charge in [0, 0.05) is 18.3 Å². The molecule has 2 aromatic rings. The van der Waals surface area contributed by atoms with Crippen molar-refractivity contribution in [1.29, 1.82) is 0 Å². The van der Waals surface area contributed by atoms with E-state index in [1.54, 1.807) is 0 Å². The Bertz CT molecular complexity index is 761. The number of amides is 2. The molecule has 0 radical (unpaired) electrons. The summed E-state index contributed by atoms with van der Waals surface area (Å²) in [5.74, 6) is -0.373. The van der Waals surface area contributed by atoms with Crippen molar-refractivity contribution < 1.29 is 9.59 Å². The van der Waals surface area contributed by atoms with Crippen LogP contribution < -0.4 is 10.2 Å². The molecule has 4 heteroatoms. The number of rotatable bonds is 4. The van der Waals surface area contributed by atoms with Gasteiger partial charge in [-0.3, -0.25) is 9.59 Å². The van der Waals surface area contributed by atoms with Gasteiger partial charge in [0.2, 0.25) is 11.8 Å². The lowest BCUT2D eigenvalue weighted by Gasteiger charge is -2.21. The predicted octanol–water partition coefficient (Wildman–Crippen LogP) is 3.91. The molecule has 4 nitrogen and oxygen atoms in total. The third-order valence-electron chi connectivity index (χ3n) is 3.99. The van der Waals surface area contributed by atoms with E-state index in [0.717, 1.165) is 33.6 Å². The second-order valence-electron chi connectivity index (χ2n) is 6.30. The molecule has 0 aliphatic heterocycles. The second kappa shape index (κ2) is 7.30. The molecule has 0 bridgehead atoms. The maximum absolute atomic E-state index is 12.4. The molecule has 2 rings (SSSR count). The first-order valence-electron chi connectivity index (χ1n) is 8.00. The Hall–Kier alpha value is -2.62. The predicted molar refractivity (Wildman–Crippen MR) is 98.5 cm³/mol. The fourth-order valence-electron chi connectivity index (χ4n) is 2.67. The van der Waals surface area contributed by atoms with Crippen LogP contribution in [0.3, 0.4) is 0 Å². The molecular weight excluding hydrogens is 300 g/mol. The molecule has 1 N–H and O–H groups in total. The monoisotopic (exact) mass is 324 g/mol. The van der Waals surface area contributed by atoms with E-state index in [1.807, 2.05) is 64.1 Å². The van der Waals surface area contributed by atoms with E-state index in [0.29, 0.717) is 0 Å². The fourth-order valence-corrected chi connectivity index (χ4v) is 2.67. The maximum Gasteiger partial charge on any atom is 0.244 e. The van der Waals surface area contributed by atoms with Crippen LogP contribution in [0.1, 0.15) is 29.2 Å². The number of anilines is 2. The van der Waals surface area contributed by atoms with Crippen molar-refractivity contribution in [2.24, 2.45) is 0 Å². The molecule has 0 spiro atoms. The molecule has 126 valence electrons. The molecule has 0 aromatic heterocycles. The minimum Gasteiger partial charge on any atom is -0.325 e. The third kappa shape index (κ3) is 4.44. The van der Waals surface area contributed by atoms with E-state index in [4.69, 9.17) is 0 Å². The van der Waals surface area contributed by atoms with Gasteiger partial charge >= 0.3 is 0 Å². The Balaban J connectivity index is 2.16. The molecule has 0 saturated carbocycles. The van der Waals surface area contributed by atoms with Crippen LogP contribution in [0, 0.1) is 27.7 Å². The van der Waals surface area contributed by atoms with Gasteiger partial charge in [0.15, 0.2) is 0 Å². The minimum atomic E-state index is -0.214. The standard InChI is InChI=1S/C20H24N2O2/c1-13-8-14(2)10-18(9-13)21-20(24)12-22(17(5)23)19-7-6-15(3)16(4)11-19/h6-11H,12H2,1-5H3,(H,21,24). The Kier molecular flexibility index (Phi) is 5.39. The van der Waals surface area contributed by atoms with Crippen molar-refractivity contribution in [2.45, 2.75) is 34.6 Å². The molecular formula is C20H24N2O2. The van der Waals surface area contributed by atoms with E-state index in [2.05, 4.69) is 5.32 Å². The van der Waals surface area contributed by atoms with E-state index < -0.39 is 0 Å². The van der Waals surface area contributed by atoms with Crippen LogP contribution in [0.4, 0.5) is 11.4 Å². The Morgan fingerprint density at radius 2 is 1.54 bits per heavy atom. The Morgan fingerprint density at radius 3 is 2.08 bits per heavy atom. The molecule has 24 heavy (non-hydrogen) atoms. The van der Waals surface area contributed by atoms with Crippen LogP contribution >= 0.6 is 0 Å². The lowest BCUT2D eigenvalue weighted by atomic mass is 10.1. The summed E-state index contributed by atoms with van der Waals surface area (Å²) in [6.07, 6.45) is 0. The van der Waals surface area contributed by atoms with E-state index in [9.17, 15) is 9.59 Å². The summed E-state index contributed by atoms with van der Waals surface area (Å²) >= 11 is 0. The summed E-state index contributed by atoms with van der Waals surface area (Å²) in [5.41, 5.74) is 5.91. The van der Waals surface area contributed by atoms with E-state index >= 15 is 0 Å². The zero-order valence-corrected chi connectivity index (χ0v) is 14.9. The zero-order chi connectivity index (χ0) is 17.9. The molecule has 0 aliphatic carbocycles. The van der Waals surface area contributed by atoms with Crippen LogP contribution in [-0.4, -0.2) is 18.4 Å². The molecule has 0 saturated heterocycles. The van der Waals surface area contributed by atoms with Crippen LogP contribution in [0.5, 0.6) is 0 Å². The zero-order valence-electron chi connectivity index (χ0n) is 14.9. The average Bonchev–Trinajstić information content (AvgIpc) is 2.46. The van der Waals surface area contributed by atoms with Crippen molar-refractivity contribution in [2.75, 3.05) is 16.8 Å². The first-order chi connectivity index (χ1) is 11.3. The van der Waals surface area contributed by atoms with Gasteiger partial charge in [0.25, 0.3) is 0 Å². The highest BCUT2D eigenvalue weighted by Gasteiger charge is 2.16.